The summed E-state index contributed by atoms with van der Waals surface area (Å²) in [4.78, 5) is 14.6. The highest BCUT2D eigenvalue weighted by atomic mass is 79.9. The molecule has 23 heavy (non-hydrogen) atoms. The number of hydrogen-bond acceptors (Lipinski definition) is 2. The summed E-state index contributed by atoms with van der Waals surface area (Å²) in [5.41, 5.74) is 4.53. The first kappa shape index (κ1) is 16.4. The zero-order valence-corrected chi connectivity index (χ0v) is 15.6. The van der Waals surface area contributed by atoms with E-state index in [-0.39, 0.29) is 11.4 Å². The molecule has 1 saturated heterocycles. The lowest BCUT2D eigenvalue weighted by Gasteiger charge is -2.25. The van der Waals surface area contributed by atoms with Gasteiger partial charge in [-0.05, 0) is 49.2 Å². The summed E-state index contributed by atoms with van der Waals surface area (Å²) < 4.78 is 1.00. The molecule has 1 N–H and O–H groups in total. The molecule has 0 spiro atoms. The lowest BCUT2D eigenvalue weighted by molar-refractivity contribution is 0.214. The molecule has 0 bridgehead atoms. The Morgan fingerprint density at radius 3 is 2.65 bits per heavy atom. The first-order valence-corrected chi connectivity index (χ1v) is 9.41. The normalized spacial score (nSPS) is 17.3. The second-order valence-corrected chi connectivity index (χ2v) is 7.82. The van der Waals surface area contributed by atoms with E-state index in [0.29, 0.717) is 0 Å². The molecule has 1 aliphatic rings. The summed E-state index contributed by atoms with van der Waals surface area (Å²) >= 11 is 5.23. The summed E-state index contributed by atoms with van der Waals surface area (Å²) in [6.07, 6.45) is 0. The van der Waals surface area contributed by atoms with E-state index in [1.165, 1.54) is 16.7 Å². The molecule has 2 aromatic carbocycles. The molecule has 1 atom stereocenters. The van der Waals surface area contributed by atoms with Crippen LogP contribution in [0.5, 0.6) is 0 Å². The third kappa shape index (κ3) is 3.72. The summed E-state index contributed by atoms with van der Waals surface area (Å²) in [6.45, 7) is 4.98. The minimum atomic E-state index is -0.0395. The highest BCUT2D eigenvalue weighted by molar-refractivity contribution is 9.10. The van der Waals surface area contributed by atoms with Crippen LogP contribution in [-0.4, -0.2) is 23.2 Å². The van der Waals surface area contributed by atoms with Crippen LogP contribution >= 0.6 is 27.7 Å². The molecule has 0 radical (unpaired) electrons. The smallest absolute Gasteiger partial charge is 0.308 e. The van der Waals surface area contributed by atoms with Gasteiger partial charge in [-0.25, -0.2) is 4.79 Å². The number of nitrogens with one attached hydrogen (secondary N) is 1. The Labute approximate surface area is 149 Å². The Balaban J connectivity index is 1.78. The number of thioether (sulfide) groups is 1. The Morgan fingerprint density at radius 1 is 1.22 bits per heavy atom. The Bertz CT molecular complexity index is 717. The average molecular weight is 391 g/mol. The fraction of sp³-hybridized carbons (Fsp3) is 0.278. The first-order valence-electron chi connectivity index (χ1n) is 7.56. The molecule has 2 aromatic rings. The molecule has 1 heterocycles. The van der Waals surface area contributed by atoms with Crippen LogP contribution in [0.1, 0.15) is 22.1 Å². The molecule has 0 aromatic heterocycles. The van der Waals surface area contributed by atoms with Gasteiger partial charge in [-0.1, -0.05) is 39.7 Å². The quantitative estimate of drug-likeness (QED) is 0.749. The lowest BCUT2D eigenvalue weighted by Crippen LogP contribution is -2.34. The van der Waals surface area contributed by atoms with Crippen LogP contribution in [0.25, 0.3) is 0 Å². The number of benzene rings is 2. The van der Waals surface area contributed by atoms with Crippen molar-refractivity contribution < 1.29 is 4.79 Å². The topological polar surface area (TPSA) is 32.3 Å². The Hall–Kier alpha value is -1.46. The summed E-state index contributed by atoms with van der Waals surface area (Å²) in [7, 11) is 0. The molecule has 120 valence electrons. The standard InChI is InChI=1S/C18H19BrN2OS/c1-12-3-8-16(13(2)11-12)17-21(9-10-23-17)18(22)20-15-6-4-14(19)5-7-15/h3-8,11,17H,9-10H2,1-2H3,(H,20,22)/t17-/m1/s1. The summed E-state index contributed by atoms with van der Waals surface area (Å²) in [5.74, 6) is 0.964. The molecule has 1 fully saturated rings. The molecule has 3 nitrogen and oxygen atoms in total. The van der Waals surface area contributed by atoms with Gasteiger partial charge in [0.25, 0.3) is 0 Å². The largest absolute Gasteiger partial charge is 0.323 e. The number of urea groups is 1. The second-order valence-electron chi connectivity index (χ2n) is 5.71. The molecule has 5 heteroatoms. The van der Waals surface area contributed by atoms with Gasteiger partial charge in [0.15, 0.2) is 0 Å². The highest BCUT2D eigenvalue weighted by Gasteiger charge is 2.31. The van der Waals surface area contributed by atoms with Crippen molar-refractivity contribution in [1.29, 1.82) is 0 Å². The van der Waals surface area contributed by atoms with Crippen molar-refractivity contribution in [2.75, 3.05) is 17.6 Å². The van der Waals surface area contributed by atoms with Gasteiger partial charge < -0.3 is 10.2 Å². The number of aryl methyl sites for hydroxylation is 2. The van der Waals surface area contributed by atoms with Gasteiger partial charge in [0.05, 0.1) is 0 Å². The van der Waals surface area contributed by atoms with E-state index in [4.69, 9.17) is 0 Å². The van der Waals surface area contributed by atoms with Gasteiger partial charge in [0.1, 0.15) is 5.37 Å². The van der Waals surface area contributed by atoms with Crippen LogP contribution in [-0.2, 0) is 0 Å². The van der Waals surface area contributed by atoms with Gasteiger partial charge in [-0.15, -0.1) is 11.8 Å². The van der Waals surface area contributed by atoms with Crippen molar-refractivity contribution in [3.63, 3.8) is 0 Å². The van der Waals surface area contributed by atoms with Gasteiger partial charge in [-0.2, -0.15) is 0 Å². The van der Waals surface area contributed by atoms with Gasteiger partial charge in [0, 0.05) is 22.5 Å². The maximum absolute atomic E-state index is 12.7. The second kappa shape index (κ2) is 6.97. The molecule has 2 amide bonds. The van der Waals surface area contributed by atoms with Crippen LogP contribution in [0.2, 0.25) is 0 Å². The van der Waals surface area contributed by atoms with E-state index < -0.39 is 0 Å². The van der Waals surface area contributed by atoms with Crippen LogP contribution in [0.4, 0.5) is 10.5 Å². The molecular weight excluding hydrogens is 372 g/mol. The number of hydrogen-bond donors (Lipinski definition) is 1. The SMILES string of the molecule is Cc1ccc([C@H]2SCCN2C(=O)Nc2ccc(Br)cc2)c(C)c1. The number of nitrogens with zero attached hydrogens (tertiary/aromatic N) is 1. The van der Waals surface area contributed by atoms with Crippen molar-refractivity contribution in [3.05, 3.63) is 63.6 Å². The monoisotopic (exact) mass is 390 g/mol. The maximum Gasteiger partial charge on any atom is 0.323 e. The van der Waals surface area contributed by atoms with Crippen molar-refractivity contribution in [2.45, 2.75) is 19.2 Å². The minimum Gasteiger partial charge on any atom is -0.308 e. The van der Waals surface area contributed by atoms with Crippen LogP contribution in [0.15, 0.2) is 46.9 Å². The van der Waals surface area contributed by atoms with Gasteiger partial charge >= 0.3 is 6.03 Å². The third-order valence-electron chi connectivity index (χ3n) is 3.94. The molecular formula is C18H19BrN2OS. The number of halogens is 1. The molecule has 0 unspecified atom stereocenters. The number of carbonyl (C=O) groups excluding carboxylic acids is 1. The Kier molecular flexibility index (Phi) is 4.97. The Morgan fingerprint density at radius 2 is 1.96 bits per heavy atom. The zero-order valence-electron chi connectivity index (χ0n) is 13.2. The van der Waals surface area contributed by atoms with Crippen LogP contribution in [0, 0.1) is 13.8 Å². The number of carbonyl (C=O) groups is 1. The van der Waals surface area contributed by atoms with E-state index in [9.17, 15) is 4.79 Å². The van der Waals surface area contributed by atoms with Crippen molar-refractivity contribution >= 4 is 39.4 Å². The average Bonchev–Trinajstić information content (AvgIpc) is 2.99. The molecule has 1 aliphatic heterocycles. The van der Waals surface area contributed by atoms with Crippen molar-refractivity contribution in [2.24, 2.45) is 0 Å². The lowest BCUT2D eigenvalue weighted by atomic mass is 10.1. The van der Waals surface area contributed by atoms with E-state index in [1.807, 2.05) is 40.9 Å². The highest BCUT2D eigenvalue weighted by Crippen LogP contribution is 2.39. The van der Waals surface area contributed by atoms with Crippen LogP contribution < -0.4 is 5.32 Å². The van der Waals surface area contributed by atoms with Gasteiger partial charge in [-0.3, -0.25) is 0 Å². The van der Waals surface area contributed by atoms with E-state index in [0.717, 1.165) is 22.5 Å². The number of anilines is 1. The van der Waals surface area contributed by atoms with E-state index in [2.05, 4.69) is 53.3 Å². The fourth-order valence-corrected chi connectivity index (χ4v) is 4.38. The predicted molar refractivity (Wildman–Crippen MR) is 101 cm³/mol. The number of amides is 2. The van der Waals surface area contributed by atoms with Crippen molar-refractivity contribution in [3.8, 4) is 0 Å². The minimum absolute atomic E-state index is 0.0395. The molecule has 3 rings (SSSR count). The third-order valence-corrected chi connectivity index (χ3v) is 5.71. The predicted octanol–water partition coefficient (Wildman–Crippen LogP) is 5.35. The van der Waals surface area contributed by atoms with Crippen LogP contribution in [0.3, 0.4) is 0 Å². The first-order chi connectivity index (χ1) is 11.0. The van der Waals surface area contributed by atoms with Crippen molar-refractivity contribution in [1.82, 2.24) is 4.90 Å². The number of rotatable bonds is 2. The summed E-state index contributed by atoms with van der Waals surface area (Å²) in [6, 6.07) is 14.1. The van der Waals surface area contributed by atoms with Gasteiger partial charge in [0.2, 0.25) is 0 Å². The zero-order chi connectivity index (χ0) is 16.4. The fourth-order valence-electron chi connectivity index (χ4n) is 2.77. The van der Waals surface area contributed by atoms with E-state index in [1.54, 1.807) is 0 Å². The molecule has 0 saturated carbocycles. The van der Waals surface area contributed by atoms with E-state index >= 15 is 0 Å². The molecule has 0 aliphatic carbocycles. The maximum atomic E-state index is 12.7. The summed E-state index contributed by atoms with van der Waals surface area (Å²) in [5, 5.41) is 3.08.